The molecule has 0 unspecified atom stereocenters. The molecule has 0 saturated carbocycles. The van der Waals surface area contributed by atoms with Crippen LogP contribution in [0.15, 0.2) is 43.3 Å². The molecule has 0 N–H and O–H groups in total. The Labute approximate surface area is 125 Å². The van der Waals surface area contributed by atoms with Crippen LogP contribution in [0.25, 0.3) is 0 Å². The molecule has 0 aliphatic heterocycles. The monoisotopic (exact) mass is 310 g/mol. The van der Waals surface area contributed by atoms with Gasteiger partial charge in [0.25, 0.3) is 0 Å². The van der Waals surface area contributed by atoms with Gasteiger partial charge < -0.3 is 18.3 Å². The van der Waals surface area contributed by atoms with Crippen LogP contribution < -0.4 is 0 Å². The molecule has 0 aliphatic rings. The van der Waals surface area contributed by atoms with Crippen LogP contribution in [0.4, 0.5) is 0 Å². The van der Waals surface area contributed by atoms with Gasteiger partial charge in [0.05, 0.1) is 6.61 Å². The van der Waals surface area contributed by atoms with Gasteiger partial charge in [0.2, 0.25) is 5.76 Å². The molecule has 2 aromatic rings. The molecular formula is C14H14O6S. The first-order valence-corrected chi connectivity index (χ1v) is 6.96. The number of ether oxygens (including phenoxy) is 2. The van der Waals surface area contributed by atoms with Crippen LogP contribution in [-0.2, 0) is 9.47 Å². The van der Waals surface area contributed by atoms with Crippen LogP contribution in [0.1, 0.15) is 28.0 Å². The second kappa shape index (κ2) is 7.14. The highest BCUT2D eigenvalue weighted by Crippen LogP contribution is 2.30. The zero-order valence-corrected chi connectivity index (χ0v) is 12.4. The number of esters is 1. The van der Waals surface area contributed by atoms with Crippen LogP contribution in [0.5, 0.6) is 0 Å². The number of Topliss-reactive ketones (excluding diaryl/α,β-unsaturated/α-hetero) is 1. The minimum atomic E-state index is -0.553. The lowest BCUT2D eigenvalue weighted by molar-refractivity contribution is 0.0349. The molecule has 2 rings (SSSR count). The van der Waals surface area contributed by atoms with Gasteiger partial charge in [-0.3, -0.25) is 4.79 Å². The van der Waals surface area contributed by atoms with Gasteiger partial charge in [-0.1, -0.05) is 0 Å². The fourth-order valence-corrected chi connectivity index (χ4v) is 2.17. The molecule has 0 atom stereocenters. The van der Waals surface area contributed by atoms with Gasteiger partial charge in [-0.2, -0.15) is 0 Å². The van der Waals surface area contributed by atoms with Gasteiger partial charge in [0.1, 0.15) is 6.61 Å². The first-order valence-electron chi connectivity index (χ1n) is 6.14. The molecule has 0 aromatic carbocycles. The summed E-state index contributed by atoms with van der Waals surface area (Å²) in [5.74, 6) is -0.318. The normalized spacial score (nSPS) is 10.6. The quantitative estimate of drug-likeness (QED) is 0.442. The van der Waals surface area contributed by atoms with Gasteiger partial charge in [-0.05, 0) is 36.0 Å². The number of rotatable bonds is 7. The third kappa shape index (κ3) is 4.24. The van der Waals surface area contributed by atoms with Gasteiger partial charge in [-0.25, -0.2) is 4.79 Å². The number of hydrogen-bond donors (Lipinski definition) is 0. The summed E-state index contributed by atoms with van der Waals surface area (Å²) in [6.45, 7) is 1.92. The van der Waals surface area contributed by atoms with Crippen molar-refractivity contribution in [2.45, 2.75) is 17.1 Å². The third-order valence-electron chi connectivity index (χ3n) is 2.43. The zero-order chi connectivity index (χ0) is 15.2. The summed E-state index contributed by atoms with van der Waals surface area (Å²) in [6.07, 6.45) is 0. The van der Waals surface area contributed by atoms with Crippen molar-refractivity contribution in [1.82, 2.24) is 0 Å². The molecule has 0 bridgehead atoms. The Morgan fingerprint density at radius 2 is 1.67 bits per heavy atom. The Kier molecular flexibility index (Phi) is 5.24. The van der Waals surface area contributed by atoms with E-state index >= 15 is 0 Å². The van der Waals surface area contributed by atoms with Crippen molar-refractivity contribution in [2.75, 3.05) is 20.3 Å². The van der Waals surface area contributed by atoms with Gasteiger partial charge in [-0.15, -0.1) is 0 Å². The van der Waals surface area contributed by atoms with E-state index in [-0.39, 0.29) is 23.9 Å². The molecule has 2 aromatic heterocycles. The van der Waals surface area contributed by atoms with E-state index in [1.807, 2.05) is 0 Å². The van der Waals surface area contributed by atoms with E-state index in [0.717, 1.165) is 0 Å². The Morgan fingerprint density at radius 3 is 2.24 bits per heavy atom. The van der Waals surface area contributed by atoms with E-state index in [9.17, 15) is 9.59 Å². The summed E-state index contributed by atoms with van der Waals surface area (Å²) in [5.41, 5.74) is 0. The van der Waals surface area contributed by atoms with E-state index in [2.05, 4.69) is 0 Å². The molecule has 6 nitrogen and oxygen atoms in total. The largest absolute Gasteiger partial charge is 0.457 e. The zero-order valence-electron chi connectivity index (χ0n) is 11.6. The Bertz CT molecular complexity index is 627. The molecule has 21 heavy (non-hydrogen) atoms. The van der Waals surface area contributed by atoms with Crippen molar-refractivity contribution in [3.05, 3.63) is 35.8 Å². The fraction of sp³-hybridized carbons (Fsp3) is 0.286. The van der Waals surface area contributed by atoms with Crippen LogP contribution >= 0.6 is 11.8 Å². The molecule has 0 aliphatic carbocycles. The number of furan rings is 2. The summed E-state index contributed by atoms with van der Waals surface area (Å²) >= 11 is 1.17. The molecular weight excluding hydrogens is 296 g/mol. The van der Waals surface area contributed by atoms with E-state index < -0.39 is 5.97 Å². The number of methoxy groups -OCH3 is 1. The fourth-order valence-electron chi connectivity index (χ4n) is 1.44. The standard InChI is InChI=1S/C14H14O6S/c1-9(15)10-3-5-12(19-10)21-13-6-4-11(20-13)14(16)18-8-7-17-2/h3-6H,7-8H2,1-2H3. The van der Waals surface area contributed by atoms with Crippen LogP contribution in [0, 0.1) is 0 Å². The lowest BCUT2D eigenvalue weighted by Crippen LogP contribution is -2.08. The third-order valence-corrected chi connectivity index (χ3v) is 3.27. The summed E-state index contributed by atoms with van der Waals surface area (Å²) in [7, 11) is 1.52. The molecule has 2 heterocycles. The summed E-state index contributed by atoms with van der Waals surface area (Å²) in [4.78, 5) is 22.8. The molecule has 0 spiro atoms. The average Bonchev–Trinajstić information content (AvgIpc) is 3.09. The van der Waals surface area contributed by atoms with E-state index in [4.69, 9.17) is 18.3 Å². The van der Waals surface area contributed by atoms with Crippen molar-refractivity contribution in [2.24, 2.45) is 0 Å². The summed E-state index contributed by atoms with van der Waals surface area (Å²) < 4.78 is 20.4. The lowest BCUT2D eigenvalue weighted by Gasteiger charge is -2.00. The second-order valence-electron chi connectivity index (χ2n) is 4.02. The highest BCUT2D eigenvalue weighted by atomic mass is 32.2. The number of ketones is 1. The Hall–Kier alpha value is -1.99. The molecule has 7 heteroatoms. The first kappa shape index (κ1) is 15.4. The highest BCUT2D eigenvalue weighted by Gasteiger charge is 2.15. The van der Waals surface area contributed by atoms with Gasteiger partial charge >= 0.3 is 5.97 Å². The van der Waals surface area contributed by atoms with Crippen LogP contribution in [-0.4, -0.2) is 32.1 Å². The maximum Gasteiger partial charge on any atom is 0.374 e. The maximum absolute atomic E-state index is 11.6. The SMILES string of the molecule is COCCOC(=O)c1ccc(Sc2ccc(C(C)=O)o2)o1. The van der Waals surface area contributed by atoms with Crippen molar-refractivity contribution < 1.29 is 27.9 Å². The van der Waals surface area contributed by atoms with E-state index in [1.165, 1.54) is 31.9 Å². The molecule has 0 saturated heterocycles. The van der Waals surface area contributed by atoms with Crippen molar-refractivity contribution in [3.63, 3.8) is 0 Å². The number of carbonyl (C=O) groups is 2. The summed E-state index contributed by atoms with van der Waals surface area (Å²) in [6, 6.07) is 6.41. The molecule has 0 radical (unpaired) electrons. The Morgan fingerprint density at radius 1 is 1.05 bits per heavy atom. The van der Waals surface area contributed by atoms with E-state index in [0.29, 0.717) is 16.8 Å². The second-order valence-corrected chi connectivity index (χ2v) is 5.03. The number of hydrogen-bond acceptors (Lipinski definition) is 7. The minimum absolute atomic E-state index is 0.104. The topological polar surface area (TPSA) is 78.9 Å². The predicted octanol–water partition coefficient (Wildman–Crippen LogP) is 3.03. The molecule has 112 valence electrons. The first-order chi connectivity index (χ1) is 10.1. The molecule has 0 amide bonds. The minimum Gasteiger partial charge on any atom is -0.457 e. The van der Waals surface area contributed by atoms with Gasteiger partial charge in [0.15, 0.2) is 21.7 Å². The average molecular weight is 310 g/mol. The lowest BCUT2D eigenvalue weighted by atomic mass is 10.3. The summed E-state index contributed by atoms with van der Waals surface area (Å²) in [5, 5.41) is 0.979. The van der Waals surface area contributed by atoms with Crippen molar-refractivity contribution in [3.8, 4) is 0 Å². The number of carbonyl (C=O) groups excluding carboxylic acids is 2. The van der Waals surface area contributed by atoms with Crippen LogP contribution in [0.2, 0.25) is 0 Å². The van der Waals surface area contributed by atoms with Crippen molar-refractivity contribution >= 4 is 23.5 Å². The highest BCUT2D eigenvalue weighted by molar-refractivity contribution is 7.99. The predicted molar refractivity (Wildman–Crippen MR) is 73.7 cm³/mol. The van der Waals surface area contributed by atoms with Crippen LogP contribution in [0.3, 0.4) is 0 Å². The van der Waals surface area contributed by atoms with Crippen molar-refractivity contribution in [1.29, 1.82) is 0 Å². The smallest absolute Gasteiger partial charge is 0.374 e. The maximum atomic E-state index is 11.6. The Balaban J connectivity index is 1.96. The van der Waals surface area contributed by atoms with Gasteiger partial charge in [0, 0.05) is 14.0 Å². The van der Waals surface area contributed by atoms with E-state index in [1.54, 1.807) is 18.2 Å². The molecule has 0 fully saturated rings.